The summed E-state index contributed by atoms with van der Waals surface area (Å²) in [5, 5.41) is 2.58. The lowest BCUT2D eigenvalue weighted by Gasteiger charge is -2.23. The lowest BCUT2D eigenvalue weighted by molar-refractivity contribution is -0.677. The van der Waals surface area contributed by atoms with Crippen LogP contribution in [0, 0.1) is 0 Å². The second-order valence-corrected chi connectivity index (χ2v) is 13.6. The Labute approximate surface area is 247 Å². The fraction of sp³-hybridized carbons (Fsp3) is 0.296. The lowest BCUT2D eigenvalue weighted by Crippen LogP contribution is -2.37. The highest BCUT2D eigenvalue weighted by molar-refractivity contribution is 7.86. The average Bonchev–Trinajstić information content (AvgIpc) is 3.38. The largest absolute Gasteiger partial charge is 0.398 e. The van der Waals surface area contributed by atoms with Crippen molar-refractivity contribution in [2.75, 3.05) is 34.4 Å². The van der Waals surface area contributed by atoms with Crippen LogP contribution in [0.2, 0.25) is 10.0 Å². The highest BCUT2D eigenvalue weighted by atomic mass is 35.5. The molecule has 0 atom stereocenters. The molecule has 1 aliphatic rings. The van der Waals surface area contributed by atoms with E-state index in [1.165, 1.54) is 0 Å². The number of halogens is 2. The molecule has 10 nitrogen and oxygen atoms in total. The van der Waals surface area contributed by atoms with Crippen molar-refractivity contribution in [2.45, 2.75) is 26.3 Å². The number of benzene rings is 3. The lowest BCUT2D eigenvalue weighted by atomic mass is 10.1. The quantitative estimate of drug-likeness (QED) is 0.173. The first-order valence-electron chi connectivity index (χ1n) is 12.9. The zero-order chi connectivity index (χ0) is 29.5. The van der Waals surface area contributed by atoms with Gasteiger partial charge in [0, 0.05) is 19.5 Å². The molecule has 0 aliphatic carbocycles. The summed E-state index contributed by atoms with van der Waals surface area (Å²) in [7, 11) is -8.34. The molecule has 0 amide bonds. The minimum atomic E-state index is -4.17. The molecule has 0 saturated heterocycles. The Kier molecular flexibility index (Phi) is 8.25. The van der Waals surface area contributed by atoms with E-state index in [1.807, 2.05) is 57.7 Å². The summed E-state index contributed by atoms with van der Waals surface area (Å²) in [6.45, 7) is 2.95. The van der Waals surface area contributed by atoms with Crippen LogP contribution in [0.4, 0.5) is 11.4 Å². The van der Waals surface area contributed by atoms with Gasteiger partial charge in [0.15, 0.2) is 6.54 Å². The van der Waals surface area contributed by atoms with Crippen LogP contribution in [0.3, 0.4) is 0 Å². The molecule has 0 radical (unpaired) electrons. The predicted molar refractivity (Wildman–Crippen MR) is 161 cm³/mol. The molecular weight excluding hydrogens is 613 g/mol. The highest BCUT2D eigenvalue weighted by Gasteiger charge is 2.34. The first kappa shape index (κ1) is 29.6. The molecule has 3 aromatic carbocycles. The Morgan fingerprint density at radius 3 is 2.20 bits per heavy atom. The van der Waals surface area contributed by atoms with Crippen molar-refractivity contribution in [3.05, 3.63) is 70.3 Å². The Hall–Kier alpha value is -2.87. The summed E-state index contributed by atoms with van der Waals surface area (Å²) in [6.07, 6.45) is 2.08. The van der Waals surface area contributed by atoms with Crippen molar-refractivity contribution >= 4 is 82.8 Å². The smallest absolute Gasteiger partial charge is 0.377 e. The van der Waals surface area contributed by atoms with E-state index in [2.05, 4.69) is 0 Å². The van der Waals surface area contributed by atoms with Crippen LogP contribution >= 0.6 is 23.2 Å². The van der Waals surface area contributed by atoms with Gasteiger partial charge in [-0.2, -0.15) is 21.4 Å². The molecule has 14 heteroatoms. The number of aryl methyl sites for hydroxylation is 1. The molecule has 0 saturated carbocycles. The minimum Gasteiger partial charge on any atom is -0.398 e. The monoisotopic (exact) mass is 640 g/mol. The number of hydrogen-bond acceptors (Lipinski definition) is 7. The van der Waals surface area contributed by atoms with Gasteiger partial charge in [-0.05, 0) is 43.0 Å². The van der Waals surface area contributed by atoms with Gasteiger partial charge >= 0.3 is 5.89 Å². The molecule has 0 spiro atoms. The summed E-state index contributed by atoms with van der Waals surface area (Å²) < 4.78 is 72.8. The molecular formula is C27H28Cl2N3O7S2+. The predicted octanol–water partition coefficient (Wildman–Crippen LogP) is 5.38. The van der Waals surface area contributed by atoms with Gasteiger partial charge in [0.05, 0.1) is 44.4 Å². The third-order valence-corrected chi connectivity index (χ3v) is 9.23. The number of nitrogens with zero attached hydrogens (tertiary/aromatic N) is 3. The van der Waals surface area contributed by atoms with Crippen LogP contribution in [-0.2, 0) is 26.8 Å². The maximum atomic E-state index is 11.5. The summed E-state index contributed by atoms with van der Waals surface area (Å²) in [5.41, 5.74) is 2.83. The molecule has 1 aromatic heterocycles. The van der Waals surface area contributed by atoms with E-state index in [-0.39, 0.29) is 25.9 Å². The van der Waals surface area contributed by atoms with Gasteiger partial charge in [-0.1, -0.05) is 47.5 Å². The molecule has 1 aliphatic heterocycles. The van der Waals surface area contributed by atoms with Gasteiger partial charge in [-0.15, -0.1) is 0 Å². The second-order valence-electron chi connectivity index (χ2n) is 9.66. The van der Waals surface area contributed by atoms with Crippen LogP contribution in [0.5, 0.6) is 0 Å². The van der Waals surface area contributed by atoms with E-state index in [0.29, 0.717) is 39.6 Å². The number of oxazole rings is 1. The SMILES string of the molecule is CCN1/C(=C\c2oc3ccc4ccccc4c3[n+]2CCCS(=O)(=O)O)N(CCCS(=O)(=O)O)c2cc(Cl)c(Cl)cc21. The fourth-order valence-corrected chi connectivity index (χ4v) is 6.50. The van der Waals surface area contributed by atoms with Gasteiger partial charge in [-0.25, -0.2) is 0 Å². The van der Waals surface area contributed by atoms with Crippen LogP contribution in [0.15, 0.2) is 58.8 Å². The Balaban J connectivity index is 1.68. The standard InChI is InChI=1S/C27H27Cl2N3O7S2/c1-2-30-22-15-20(28)21(29)16-23(22)31(11-5-13-40(33,34)35)25(30)17-26-32(12-6-14-41(36,37)38)27-19-8-4-3-7-18(19)9-10-24(27)39-26/h3-4,7-10,15-17H,2,5-6,11-14H2,1H3,(H-,33,34,35,36,37,38)/p+1. The Morgan fingerprint density at radius 2 is 1.54 bits per heavy atom. The van der Waals surface area contributed by atoms with Crippen molar-refractivity contribution in [3.63, 3.8) is 0 Å². The molecule has 2 N–H and O–H groups in total. The molecule has 2 heterocycles. The molecule has 4 aromatic rings. The molecule has 0 unspecified atom stereocenters. The Bertz CT molecular complexity index is 1890. The van der Waals surface area contributed by atoms with Crippen molar-refractivity contribution in [1.29, 1.82) is 0 Å². The van der Waals surface area contributed by atoms with Crippen LogP contribution < -0.4 is 14.4 Å². The normalized spacial score (nSPS) is 15.0. The highest BCUT2D eigenvalue weighted by Crippen LogP contribution is 2.46. The van der Waals surface area contributed by atoms with Gasteiger partial charge in [-0.3, -0.25) is 9.11 Å². The summed E-state index contributed by atoms with van der Waals surface area (Å²) in [6, 6.07) is 15.0. The maximum Gasteiger partial charge on any atom is 0.377 e. The zero-order valence-electron chi connectivity index (χ0n) is 22.0. The van der Waals surface area contributed by atoms with Crippen LogP contribution in [0.25, 0.3) is 27.9 Å². The van der Waals surface area contributed by atoms with E-state index in [4.69, 9.17) is 27.6 Å². The molecule has 41 heavy (non-hydrogen) atoms. The van der Waals surface area contributed by atoms with Gasteiger partial charge in [0.2, 0.25) is 5.58 Å². The molecule has 5 rings (SSSR count). The van der Waals surface area contributed by atoms with Gasteiger partial charge in [0.25, 0.3) is 25.8 Å². The first-order valence-corrected chi connectivity index (χ1v) is 16.8. The van der Waals surface area contributed by atoms with Crippen molar-refractivity contribution in [3.8, 4) is 0 Å². The van der Waals surface area contributed by atoms with E-state index in [1.54, 1.807) is 18.2 Å². The van der Waals surface area contributed by atoms with E-state index >= 15 is 0 Å². The number of fused-ring (bicyclic) bond motifs is 4. The third-order valence-electron chi connectivity index (χ3n) is 6.90. The van der Waals surface area contributed by atoms with Crippen molar-refractivity contribution < 1.29 is 34.9 Å². The third kappa shape index (κ3) is 6.32. The van der Waals surface area contributed by atoms with Gasteiger partial charge < -0.3 is 14.2 Å². The zero-order valence-corrected chi connectivity index (χ0v) is 25.1. The van der Waals surface area contributed by atoms with E-state index in [0.717, 1.165) is 22.0 Å². The molecule has 0 bridgehead atoms. The number of rotatable bonds is 10. The number of anilines is 2. The number of aromatic nitrogens is 1. The number of hydrogen-bond donors (Lipinski definition) is 2. The van der Waals surface area contributed by atoms with Crippen LogP contribution in [-0.4, -0.2) is 50.5 Å². The fourth-order valence-electron chi connectivity index (χ4n) is 5.20. The van der Waals surface area contributed by atoms with Crippen molar-refractivity contribution in [1.82, 2.24) is 0 Å². The molecule has 218 valence electrons. The van der Waals surface area contributed by atoms with Crippen LogP contribution in [0.1, 0.15) is 25.7 Å². The summed E-state index contributed by atoms with van der Waals surface area (Å²) in [5.74, 6) is 0.234. The van der Waals surface area contributed by atoms with Gasteiger partial charge in [0.1, 0.15) is 5.82 Å². The second kappa shape index (κ2) is 11.4. The average molecular weight is 642 g/mol. The topological polar surface area (TPSA) is 132 Å². The minimum absolute atomic E-state index is 0.131. The molecule has 0 fully saturated rings. The first-order chi connectivity index (χ1) is 19.4. The Morgan fingerprint density at radius 1 is 0.902 bits per heavy atom. The van der Waals surface area contributed by atoms with E-state index in [9.17, 15) is 25.9 Å². The van der Waals surface area contributed by atoms with E-state index < -0.39 is 31.7 Å². The maximum absolute atomic E-state index is 11.5. The van der Waals surface area contributed by atoms with Crippen molar-refractivity contribution in [2.24, 2.45) is 0 Å². The summed E-state index contributed by atoms with van der Waals surface area (Å²) >= 11 is 12.7. The summed E-state index contributed by atoms with van der Waals surface area (Å²) in [4.78, 5) is 3.87.